The molecule has 0 saturated heterocycles. The van der Waals surface area contributed by atoms with E-state index in [4.69, 9.17) is 0 Å². The molecule has 2 N–H and O–H groups in total. The summed E-state index contributed by atoms with van der Waals surface area (Å²) >= 11 is 0. The second kappa shape index (κ2) is 9.94. The normalized spacial score (nSPS) is 17.0. The summed E-state index contributed by atoms with van der Waals surface area (Å²) in [5.41, 5.74) is 2.49. The van der Waals surface area contributed by atoms with Crippen LogP contribution in [-0.4, -0.2) is 21.9 Å². The number of amides is 1. The van der Waals surface area contributed by atoms with Gasteiger partial charge in [-0.25, -0.2) is 4.68 Å². The predicted octanol–water partition coefficient (Wildman–Crippen LogP) is 7.22. The largest absolute Gasteiger partial charge is 0.410 e. The van der Waals surface area contributed by atoms with Crippen LogP contribution in [0, 0.1) is 0 Å². The topological polar surface area (TPSA) is 59.0 Å². The monoisotopic (exact) mass is 526 g/mol. The van der Waals surface area contributed by atoms with Crippen LogP contribution >= 0.6 is 0 Å². The number of anilines is 1. The van der Waals surface area contributed by atoms with Crippen molar-refractivity contribution in [1.82, 2.24) is 15.1 Å². The Kier molecular flexibility index (Phi) is 6.30. The van der Waals surface area contributed by atoms with Gasteiger partial charge in [0.05, 0.1) is 18.3 Å². The van der Waals surface area contributed by atoms with E-state index in [0.717, 1.165) is 26.6 Å². The van der Waals surface area contributed by atoms with Crippen LogP contribution in [0.25, 0.3) is 10.8 Å². The number of hydrogen-bond donors (Lipinski definition) is 2. The number of hydrogen-bond acceptors (Lipinski definition) is 3. The summed E-state index contributed by atoms with van der Waals surface area (Å²) in [5.74, 6) is -0.458. The molecule has 0 aliphatic carbocycles. The minimum Gasteiger partial charge on any atom is -0.363 e. The summed E-state index contributed by atoms with van der Waals surface area (Å²) in [7, 11) is 0. The molecule has 5 aromatic rings. The van der Waals surface area contributed by atoms with Gasteiger partial charge < -0.3 is 10.6 Å². The summed E-state index contributed by atoms with van der Waals surface area (Å²) in [5, 5.41) is 12.2. The van der Waals surface area contributed by atoms with Crippen molar-refractivity contribution in [2.24, 2.45) is 0 Å². The fourth-order valence-corrected chi connectivity index (χ4v) is 5.23. The lowest BCUT2D eigenvalue weighted by Gasteiger charge is -2.34. The van der Waals surface area contributed by atoms with Gasteiger partial charge in [0.1, 0.15) is 11.4 Å². The van der Waals surface area contributed by atoms with Crippen molar-refractivity contribution in [3.05, 3.63) is 132 Å². The fourth-order valence-electron chi connectivity index (χ4n) is 5.23. The third-order valence-corrected chi connectivity index (χ3v) is 7.20. The van der Waals surface area contributed by atoms with Crippen molar-refractivity contribution in [2.75, 3.05) is 5.32 Å². The molecule has 39 heavy (non-hydrogen) atoms. The van der Waals surface area contributed by atoms with Crippen molar-refractivity contribution < 1.29 is 18.0 Å². The number of rotatable bonds is 5. The van der Waals surface area contributed by atoms with E-state index in [1.54, 1.807) is 0 Å². The van der Waals surface area contributed by atoms with Gasteiger partial charge in [0.15, 0.2) is 6.04 Å². The van der Waals surface area contributed by atoms with E-state index in [-0.39, 0.29) is 17.8 Å². The molecule has 2 unspecified atom stereocenters. The molecule has 0 fully saturated rings. The molecule has 0 spiro atoms. The van der Waals surface area contributed by atoms with E-state index < -0.39 is 30.2 Å². The van der Waals surface area contributed by atoms with Gasteiger partial charge in [0.25, 0.3) is 5.91 Å². The summed E-state index contributed by atoms with van der Waals surface area (Å²) in [6.07, 6.45) is -3.57. The lowest BCUT2D eigenvalue weighted by molar-refractivity contribution is -0.173. The minimum atomic E-state index is -4.54. The number of carbonyl (C=O) groups excluding carboxylic acids is 1. The lowest BCUT2D eigenvalue weighted by atomic mass is 9.94. The quantitative estimate of drug-likeness (QED) is 0.254. The average Bonchev–Trinajstić information content (AvgIpc) is 3.39. The van der Waals surface area contributed by atoms with E-state index in [0.29, 0.717) is 5.56 Å². The molecule has 4 aromatic carbocycles. The molecule has 1 aromatic heterocycles. The summed E-state index contributed by atoms with van der Waals surface area (Å²) in [4.78, 5) is 13.6. The van der Waals surface area contributed by atoms with Crippen molar-refractivity contribution in [1.29, 1.82) is 0 Å². The zero-order chi connectivity index (χ0) is 27.0. The van der Waals surface area contributed by atoms with E-state index in [2.05, 4.69) is 15.7 Å². The number of halogens is 3. The second-order valence-corrected chi connectivity index (χ2v) is 9.68. The molecule has 0 radical (unpaired) electrons. The van der Waals surface area contributed by atoms with Crippen molar-refractivity contribution in [3.63, 3.8) is 0 Å². The highest BCUT2D eigenvalue weighted by Crippen LogP contribution is 2.44. The van der Waals surface area contributed by atoms with Gasteiger partial charge in [0.2, 0.25) is 0 Å². The van der Waals surface area contributed by atoms with E-state index in [1.165, 1.54) is 6.20 Å². The van der Waals surface area contributed by atoms with E-state index >= 15 is 0 Å². The Morgan fingerprint density at radius 2 is 1.49 bits per heavy atom. The van der Waals surface area contributed by atoms with Gasteiger partial charge in [-0.1, -0.05) is 97.1 Å². The molecule has 2 heterocycles. The highest BCUT2D eigenvalue weighted by molar-refractivity contribution is 5.99. The molecular formula is C31H25F3N4O. The van der Waals surface area contributed by atoms with Crippen LogP contribution in [0.2, 0.25) is 0 Å². The Morgan fingerprint density at radius 3 is 2.13 bits per heavy atom. The number of nitrogens with one attached hydrogen (secondary N) is 2. The van der Waals surface area contributed by atoms with Crippen LogP contribution in [0.15, 0.2) is 109 Å². The van der Waals surface area contributed by atoms with Gasteiger partial charge in [-0.3, -0.25) is 4.79 Å². The fraction of sp³-hybridized carbons (Fsp3) is 0.161. The third kappa shape index (κ3) is 4.85. The number of fused-ring (bicyclic) bond motifs is 2. The Morgan fingerprint density at radius 1 is 0.872 bits per heavy atom. The molecule has 1 aliphatic heterocycles. The van der Waals surface area contributed by atoms with Crippen LogP contribution in [0.1, 0.15) is 51.6 Å². The van der Waals surface area contributed by atoms with E-state index in [9.17, 15) is 18.0 Å². The number of benzene rings is 4. The van der Waals surface area contributed by atoms with E-state index in [1.807, 2.05) is 103 Å². The minimum absolute atomic E-state index is 0.0547. The Labute approximate surface area is 223 Å². The van der Waals surface area contributed by atoms with Crippen LogP contribution in [0.3, 0.4) is 0 Å². The molecule has 1 aliphatic rings. The smallest absolute Gasteiger partial charge is 0.363 e. The van der Waals surface area contributed by atoms with Crippen LogP contribution < -0.4 is 10.6 Å². The summed E-state index contributed by atoms with van der Waals surface area (Å²) < 4.78 is 43.6. The first-order valence-corrected chi connectivity index (χ1v) is 12.7. The first-order chi connectivity index (χ1) is 18.9. The molecule has 2 atom stereocenters. The molecule has 196 valence electrons. The number of alkyl halides is 3. The molecular weight excluding hydrogens is 501 g/mol. The maximum atomic E-state index is 14.2. The van der Waals surface area contributed by atoms with Crippen molar-refractivity contribution >= 4 is 22.5 Å². The van der Waals surface area contributed by atoms with Gasteiger partial charge in [0, 0.05) is 6.42 Å². The Hall–Kier alpha value is -4.59. The molecule has 0 saturated carbocycles. The second-order valence-electron chi connectivity index (χ2n) is 9.68. The van der Waals surface area contributed by atoms with Gasteiger partial charge in [-0.15, -0.1) is 0 Å². The molecule has 8 heteroatoms. The molecule has 1 amide bonds. The standard InChI is InChI=1S/C31H25F3N4O/c32-31(33,34)27-18-26(24-16-15-20-9-7-8-14-23(20)17-24)36-29-25(19-35-38(27)29)30(39)37-28(21-10-3-1-4-11-21)22-12-5-2-6-13-22/h1-17,19,26-28,36H,18H2,(H,37,39). The molecule has 6 rings (SSSR count). The maximum absolute atomic E-state index is 14.2. The average molecular weight is 527 g/mol. The highest BCUT2D eigenvalue weighted by atomic mass is 19.4. The first-order valence-electron chi connectivity index (χ1n) is 12.7. The SMILES string of the molecule is O=C(NC(c1ccccc1)c1ccccc1)c1cnn2c1NC(c1ccc3ccccc3c1)CC2C(F)(F)F. The van der Waals surface area contributed by atoms with Gasteiger partial charge in [-0.2, -0.15) is 18.3 Å². The van der Waals surface area contributed by atoms with Crippen LogP contribution in [-0.2, 0) is 0 Å². The van der Waals surface area contributed by atoms with Crippen LogP contribution in [0.5, 0.6) is 0 Å². The lowest BCUT2D eigenvalue weighted by Crippen LogP contribution is -2.37. The Balaban J connectivity index is 1.36. The molecule has 0 bridgehead atoms. The number of nitrogens with zero attached hydrogens (tertiary/aromatic N) is 2. The molecule has 5 nitrogen and oxygen atoms in total. The van der Waals surface area contributed by atoms with Gasteiger partial charge in [-0.05, 0) is 33.5 Å². The maximum Gasteiger partial charge on any atom is 0.410 e. The highest BCUT2D eigenvalue weighted by Gasteiger charge is 2.47. The predicted molar refractivity (Wildman–Crippen MR) is 144 cm³/mol. The van der Waals surface area contributed by atoms with Crippen molar-refractivity contribution in [2.45, 2.75) is 30.7 Å². The summed E-state index contributed by atoms with van der Waals surface area (Å²) in [6.45, 7) is 0. The summed E-state index contributed by atoms with van der Waals surface area (Å²) in [6, 6.07) is 29.2. The zero-order valence-electron chi connectivity index (χ0n) is 20.8. The third-order valence-electron chi connectivity index (χ3n) is 7.20. The number of aromatic nitrogens is 2. The number of carbonyl (C=O) groups is 1. The Bertz CT molecular complexity index is 1580. The van der Waals surface area contributed by atoms with Crippen LogP contribution in [0.4, 0.5) is 19.0 Å². The van der Waals surface area contributed by atoms with Crippen molar-refractivity contribution in [3.8, 4) is 0 Å². The first kappa shape index (κ1) is 24.7. The zero-order valence-corrected chi connectivity index (χ0v) is 20.8. The van der Waals surface area contributed by atoms with Gasteiger partial charge >= 0.3 is 6.18 Å².